The number of para-hydroxylation sites is 2. The predicted molar refractivity (Wildman–Crippen MR) is 88.4 cm³/mol. The van der Waals surface area contributed by atoms with Crippen LogP contribution in [-0.4, -0.2) is 9.46 Å². The lowest BCUT2D eigenvalue weighted by molar-refractivity contribution is 0.0495. The molecule has 0 N–H and O–H groups in total. The molecule has 0 atom stereocenters. The van der Waals surface area contributed by atoms with Gasteiger partial charge in [0.15, 0.2) is 10.9 Å². The predicted octanol–water partition coefficient (Wildman–Crippen LogP) is 2.21. The van der Waals surface area contributed by atoms with Gasteiger partial charge in [-0.15, -0.1) is 0 Å². The molecule has 4 rings (SSSR count). The van der Waals surface area contributed by atoms with Crippen molar-refractivity contribution in [3.63, 3.8) is 0 Å². The Hall–Kier alpha value is -3.34. The van der Waals surface area contributed by atoms with Gasteiger partial charge in [0.2, 0.25) is 0 Å². The molecule has 0 bridgehead atoms. The molecule has 0 saturated carbocycles. The number of nitrogens with zero attached hydrogens (tertiary/aromatic N) is 2. The second-order valence-corrected chi connectivity index (χ2v) is 5.13. The third-order valence-corrected chi connectivity index (χ3v) is 3.71. The minimum Gasteiger partial charge on any atom is -0.289 e. The highest BCUT2D eigenvalue weighted by Gasteiger charge is 2.06. The molecule has 0 aliphatic rings. The van der Waals surface area contributed by atoms with Crippen molar-refractivity contribution >= 4 is 21.8 Å². The van der Waals surface area contributed by atoms with E-state index in [-0.39, 0.29) is 10.9 Å². The van der Waals surface area contributed by atoms with Gasteiger partial charge in [0.05, 0.1) is 23.4 Å². The minimum atomic E-state index is -0.0646. The Labute approximate surface area is 130 Å². The van der Waals surface area contributed by atoms with E-state index in [0.717, 1.165) is 0 Å². The molecule has 0 aliphatic heterocycles. The summed E-state index contributed by atoms with van der Waals surface area (Å²) in [5, 5.41) is 1.14. The quantitative estimate of drug-likeness (QED) is 0.570. The lowest BCUT2D eigenvalue weighted by Crippen LogP contribution is -2.22. The first-order chi connectivity index (χ1) is 11.2. The summed E-state index contributed by atoms with van der Waals surface area (Å²) < 4.78 is 3.02. The van der Waals surface area contributed by atoms with Crippen LogP contribution in [0.5, 0.6) is 0 Å². The van der Waals surface area contributed by atoms with E-state index in [4.69, 9.17) is 4.94 Å². The Morgan fingerprint density at radius 3 is 1.52 bits per heavy atom. The van der Waals surface area contributed by atoms with Crippen LogP contribution in [0.1, 0.15) is 0 Å². The van der Waals surface area contributed by atoms with Crippen molar-refractivity contribution in [1.29, 1.82) is 0 Å². The number of hydrogen-bond donors (Lipinski definition) is 0. The Morgan fingerprint density at radius 2 is 1.04 bits per heavy atom. The van der Waals surface area contributed by atoms with Crippen LogP contribution in [0.4, 0.5) is 0 Å². The standard InChI is InChI=1S/C18H12N2O3/c21-17-9-11-19(15-7-3-1-5-13(15)17)23-20-12-10-18(22)14-6-2-4-8-16(14)20/h1-12H. The zero-order valence-electron chi connectivity index (χ0n) is 12.0. The molecule has 5 heteroatoms. The van der Waals surface area contributed by atoms with Crippen LogP contribution in [0.25, 0.3) is 21.8 Å². The van der Waals surface area contributed by atoms with Crippen LogP contribution >= 0.6 is 0 Å². The molecular formula is C18H12N2O3. The van der Waals surface area contributed by atoms with E-state index in [0.29, 0.717) is 21.8 Å². The first-order valence-electron chi connectivity index (χ1n) is 7.14. The fraction of sp³-hybridized carbons (Fsp3) is 0. The third kappa shape index (κ3) is 2.19. The molecule has 0 fully saturated rings. The molecule has 0 saturated heterocycles. The lowest BCUT2D eigenvalue weighted by Gasteiger charge is -2.14. The van der Waals surface area contributed by atoms with Gasteiger partial charge < -0.3 is 0 Å². The van der Waals surface area contributed by atoms with E-state index in [1.807, 2.05) is 24.3 Å². The van der Waals surface area contributed by atoms with Crippen molar-refractivity contribution in [1.82, 2.24) is 9.46 Å². The van der Waals surface area contributed by atoms with Crippen LogP contribution < -0.4 is 15.8 Å². The molecule has 0 spiro atoms. The summed E-state index contributed by atoms with van der Waals surface area (Å²) in [6.07, 6.45) is 3.13. The maximum absolute atomic E-state index is 11.9. The molecule has 0 unspecified atom stereocenters. The number of pyridine rings is 2. The SMILES string of the molecule is O=c1ccn(On2ccc(=O)c3ccccc32)c2ccccc12. The normalized spacial score (nSPS) is 11.0. The van der Waals surface area contributed by atoms with E-state index in [2.05, 4.69) is 0 Å². The average molecular weight is 304 g/mol. The van der Waals surface area contributed by atoms with Gasteiger partial charge in [-0.05, 0) is 24.3 Å². The molecule has 0 aliphatic carbocycles. The van der Waals surface area contributed by atoms with Crippen LogP contribution in [0.3, 0.4) is 0 Å². The Bertz CT molecular complexity index is 1050. The van der Waals surface area contributed by atoms with E-state index < -0.39 is 0 Å². The van der Waals surface area contributed by atoms with Gasteiger partial charge in [-0.1, -0.05) is 24.3 Å². The summed E-state index contributed by atoms with van der Waals surface area (Å²) in [6, 6.07) is 17.3. The van der Waals surface area contributed by atoms with Crippen LogP contribution in [-0.2, 0) is 0 Å². The van der Waals surface area contributed by atoms with Crippen molar-refractivity contribution in [3.05, 3.63) is 93.5 Å². The highest BCUT2D eigenvalue weighted by Crippen LogP contribution is 2.11. The molecular weight excluding hydrogens is 292 g/mol. The van der Waals surface area contributed by atoms with Crippen LogP contribution in [0.15, 0.2) is 82.6 Å². The van der Waals surface area contributed by atoms with Crippen LogP contribution in [0.2, 0.25) is 0 Å². The molecule has 0 amide bonds. The number of rotatable bonds is 2. The lowest BCUT2D eigenvalue weighted by atomic mass is 10.2. The Morgan fingerprint density at radius 1 is 0.609 bits per heavy atom. The fourth-order valence-electron chi connectivity index (χ4n) is 2.60. The van der Waals surface area contributed by atoms with Crippen molar-refractivity contribution in [2.24, 2.45) is 0 Å². The molecule has 5 nitrogen and oxygen atoms in total. The zero-order valence-corrected chi connectivity index (χ0v) is 12.0. The Balaban J connectivity index is 1.93. The number of fused-ring (bicyclic) bond motifs is 2. The third-order valence-electron chi connectivity index (χ3n) is 3.71. The van der Waals surface area contributed by atoms with Crippen molar-refractivity contribution < 1.29 is 4.94 Å². The van der Waals surface area contributed by atoms with E-state index in [9.17, 15) is 9.59 Å². The van der Waals surface area contributed by atoms with Crippen molar-refractivity contribution in [2.75, 3.05) is 0 Å². The number of hydrogen-bond acceptors (Lipinski definition) is 3. The van der Waals surface area contributed by atoms with Gasteiger partial charge in [-0.3, -0.25) is 14.5 Å². The first kappa shape index (κ1) is 13.3. The van der Waals surface area contributed by atoms with Gasteiger partial charge in [0.1, 0.15) is 0 Å². The summed E-state index contributed by atoms with van der Waals surface area (Å²) >= 11 is 0. The summed E-state index contributed by atoms with van der Waals surface area (Å²) in [5.74, 6) is 0. The second-order valence-electron chi connectivity index (χ2n) is 5.13. The molecule has 2 aromatic heterocycles. The molecule has 2 aromatic carbocycles. The molecule has 4 aromatic rings. The topological polar surface area (TPSA) is 53.2 Å². The number of aromatic nitrogens is 2. The molecule has 112 valence electrons. The number of benzene rings is 2. The molecule has 2 heterocycles. The van der Waals surface area contributed by atoms with E-state index >= 15 is 0 Å². The smallest absolute Gasteiger partial charge is 0.189 e. The first-order valence-corrected chi connectivity index (χ1v) is 7.14. The largest absolute Gasteiger partial charge is 0.289 e. The van der Waals surface area contributed by atoms with Gasteiger partial charge in [-0.25, -0.2) is 0 Å². The molecule has 23 heavy (non-hydrogen) atoms. The van der Waals surface area contributed by atoms with Crippen molar-refractivity contribution in [2.45, 2.75) is 0 Å². The summed E-state index contributed by atoms with van der Waals surface area (Å²) in [5.41, 5.74) is 1.18. The van der Waals surface area contributed by atoms with Gasteiger partial charge in [0, 0.05) is 22.9 Å². The van der Waals surface area contributed by atoms with Gasteiger partial charge >= 0.3 is 0 Å². The highest BCUT2D eigenvalue weighted by atomic mass is 16.8. The fourth-order valence-corrected chi connectivity index (χ4v) is 2.60. The maximum atomic E-state index is 11.9. The van der Waals surface area contributed by atoms with Gasteiger partial charge in [0.25, 0.3) is 0 Å². The average Bonchev–Trinajstić information content (AvgIpc) is 2.60. The summed E-state index contributed by atoms with van der Waals surface area (Å²) in [4.78, 5) is 29.7. The summed E-state index contributed by atoms with van der Waals surface area (Å²) in [7, 11) is 0. The van der Waals surface area contributed by atoms with Gasteiger partial charge in [-0.2, -0.15) is 9.46 Å². The molecule has 0 radical (unpaired) electrons. The van der Waals surface area contributed by atoms with Crippen LogP contribution in [0, 0.1) is 0 Å². The second kappa shape index (κ2) is 5.14. The van der Waals surface area contributed by atoms with Crippen molar-refractivity contribution in [3.8, 4) is 0 Å². The minimum absolute atomic E-state index is 0.0646. The highest BCUT2D eigenvalue weighted by molar-refractivity contribution is 5.79. The monoisotopic (exact) mass is 304 g/mol. The maximum Gasteiger partial charge on any atom is 0.189 e. The van der Waals surface area contributed by atoms with E-state index in [1.54, 1.807) is 36.7 Å². The zero-order chi connectivity index (χ0) is 15.8. The van der Waals surface area contributed by atoms with E-state index in [1.165, 1.54) is 21.6 Å². The Kier molecular flexibility index (Phi) is 2.98. The summed E-state index contributed by atoms with van der Waals surface area (Å²) in [6.45, 7) is 0.